The molecule has 2 heterocycles. The summed E-state index contributed by atoms with van der Waals surface area (Å²) in [6, 6.07) is 9.48. The smallest absolute Gasteiger partial charge is 0.267 e. The van der Waals surface area contributed by atoms with Gasteiger partial charge in [-0.1, -0.05) is 0 Å². The van der Waals surface area contributed by atoms with E-state index >= 15 is 0 Å². The van der Waals surface area contributed by atoms with Gasteiger partial charge in [-0.25, -0.2) is 9.40 Å². The Morgan fingerprint density at radius 2 is 2.00 bits per heavy atom. The van der Waals surface area contributed by atoms with Gasteiger partial charge in [0.25, 0.3) is 5.91 Å². The fraction of sp³-hybridized carbons (Fsp3) is 0.235. The second kappa shape index (κ2) is 6.66. The molecule has 0 saturated carbocycles. The fourth-order valence-electron chi connectivity index (χ4n) is 2.34. The van der Waals surface area contributed by atoms with Crippen molar-refractivity contribution in [2.24, 2.45) is 5.10 Å². The molecule has 0 fully saturated rings. The van der Waals surface area contributed by atoms with Gasteiger partial charge >= 0.3 is 0 Å². The molecule has 1 N–H and O–H groups in total. The van der Waals surface area contributed by atoms with Gasteiger partial charge in [0.2, 0.25) is 5.91 Å². The highest BCUT2D eigenvalue weighted by atomic mass is 19.1. The molecule has 1 aliphatic heterocycles. The van der Waals surface area contributed by atoms with Crippen molar-refractivity contribution in [3.05, 3.63) is 48.0 Å². The zero-order valence-electron chi connectivity index (χ0n) is 13.1. The third-order valence-electron chi connectivity index (χ3n) is 3.68. The van der Waals surface area contributed by atoms with Gasteiger partial charge in [-0.2, -0.15) is 5.10 Å². The number of carbonyl (C=O) groups excluding carboxylic acids is 2. The largest absolute Gasteiger partial charge is 0.459 e. The molecular formula is C17H16FN3O3. The highest BCUT2D eigenvalue weighted by Gasteiger charge is 2.21. The van der Waals surface area contributed by atoms with Crippen molar-refractivity contribution in [3.63, 3.8) is 0 Å². The molecule has 0 atom stereocenters. The van der Waals surface area contributed by atoms with Crippen LogP contribution in [0, 0.1) is 5.82 Å². The minimum Gasteiger partial charge on any atom is -0.459 e. The Kier molecular flexibility index (Phi) is 4.41. The normalized spacial score (nSPS) is 14.5. The van der Waals surface area contributed by atoms with Gasteiger partial charge in [-0.05, 0) is 36.4 Å². The van der Waals surface area contributed by atoms with Crippen LogP contribution >= 0.6 is 0 Å². The molecule has 0 radical (unpaired) electrons. The average Bonchev–Trinajstić information content (AvgIpc) is 3.05. The van der Waals surface area contributed by atoms with Gasteiger partial charge in [0.05, 0.1) is 6.54 Å². The summed E-state index contributed by atoms with van der Waals surface area (Å²) < 4.78 is 18.6. The number of carbonyl (C=O) groups is 2. The SMILES string of the molecule is CN1N=C(C(=O)NCc2ccc(-c3ccc(F)cc3)o2)CCC1=O. The average molecular weight is 329 g/mol. The molecule has 0 spiro atoms. The van der Waals surface area contributed by atoms with Crippen molar-refractivity contribution in [1.29, 1.82) is 0 Å². The first-order valence-electron chi connectivity index (χ1n) is 7.50. The van der Waals surface area contributed by atoms with Crippen LogP contribution in [0.4, 0.5) is 4.39 Å². The summed E-state index contributed by atoms with van der Waals surface area (Å²) in [7, 11) is 1.52. The summed E-state index contributed by atoms with van der Waals surface area (Å²) >= 11 is 0. The molecule has 0 aliphatic carbocycles. The second-order valence-electron chi connectivity index (χ2n) is 5.42. The van der Waals surface area contributed by atoms with Crippen LogP contribution in [0.2, 0.25) is 0 Å². The molecule has 24 heavy (non-hydrogen) atoms. The van der Waals surface area contributed by atoms with Crippen molar-refractivity contribution in [2.75, 3.05) is 7.05 Å². The number of rotatable bonds is 4. The van der Waals surface area contributed by atoms with Crippen LogP contribution in [-0.4, -0.2) is 29.6 Å². The molecule has 2 aromatic rings. The van der Waals surface area contributed by atoms with Gasteiger partial charge in [0, 0.05) is 25.5 Å². The zero-order valence-corrected chi connectivity index (χ0v) is 13.1. The standard InChI is InChI=1S/C17H16FN3O3/c1-21-16(22)9-7-14(20-21)17(23)19-10-13-6-8-15(24-13)11-2-4-12(18)5-3-11/h2-6,8H,7,9-10H2,1H3,(H,19,23). The number of hydrogen-bond donors (Lipinski definition) is 1. The Hall–Kier alpha value is -2.96. The lowest BCUT2D eigenvalue weighted by Crippen LogP contribution is -2.37. The van der Waals surface area contributed by atoms with Crippen LogP contribution in [0.3, 0.4) is 0 Å². The number of nitrogens with zero attached hydrogens (tertiary/aromatic N) is 2. The number of benzene rings is 1. The van der Waals surface area contributed by atoms with E-state index < -0.39 is 0 Å². The molecule has 0 bridgehead atoms. The van der Waals surface area contributed by atoms with E-state index in [-0.39, 0.29) is 30.6 Å². The first kappa shape index (κ1) is 15.9. The summed E-state index contributed by atoms with van der Waals surface area (Å²) in [4.78, 5) is 23.4. The van der Waals surface area contributed by atoms with Gasteiger partial charge in [-0.3, -0.25) is 9.59 Å². The van der Waals surface area contributed by atoms with Crippen LogP contribution in [-0.2, 0) is 16.1 Å². The van der Waals surface area contributed by atoms with Crippen molar-refractivity contribution in [2.45, 2.75) is 19.4 Å². The van der Waals surface area contributed by atoms with Crippen LogP contribution in [0.5, 0.6) is 0 Å². The quantitative estimate of drug-likeness (QED) is 0.935. The van der Waals surface area contributed by atoms with Crippen molar-refractivity contribution in [1.82, 2.24) is 10.3 Å². The van der Waals surface area contributed by atoms with Crippen LogP contribution in [0.1, 0.15) is 18.6 Å². The Balaban J connectivity index is 1.61. The number of halogens is 1. The topological polar surface area (TPSA) is 74.9 Å². The van der Waals surface area contributed by atoms with E-state index in [1.807, 2.05) is 0 Å². The summed E-state index contributed by atoms with van der Waals surface area (Å²) in [6.45, 7) is 0.205. The van der Waals surface area contributed by atoms with Crippen LogP contribution in [0.25, 0.3) is 11.3 Å². The van der Waals surface area contributed by atoms with E-state index in [2.05, 4.69) is 10.4 Å². The van der Waals surface area contributed by atoms with Crippen molar-refractivity contribution >= 4 is 17.5 Å². The van der Waals surface area contributed by atoms with Crippen LogP contribution < -0.4 is 5.32 Å². The lowest BCUT2D eigenvalue weighted by atomic mass is 10.1. The Morgan fingerprint density at radius 3 is 2.71 bits per heavy atom. The minimum absolute atomic E-state index is 0.110. The van der Waals surface area contributed by atoms with Crippen molar-refractivity contribution < 1.29 is 18.4 Å². The molecule has 1 aromatic carbocycles. The van der Waals surface area contributed by atoms with Gasteiger partial charge in [0.1, 0.15) is 23.0 Å². The minimum atomic E-state index is -0.325. The van der Waals surface area contributed by atoms with E-state index in [0.717, 1.165) is 5.56 Å². The van der Waals surface area contributed by atoms with E-state index in [9.17, 15) is 14.0 Å². The maximum atomic E-state index is 12.9. The number of furan rings is 1. The monoisotopic (exact) mass is 329 g/mol. The molecule has 2 amide bonds. The number of amides is 2. The van der Waals surface area contributed by atoms with Gasteiger partial charge in [-0.15, -0.1) is 0 Å². The zero-order chi connectivity index (χ0) is 17.1. The Morgan fingerprint density at radius 1 is 1.25 bits per heavy atom. The molecule has 0 unspecified atom stereocenters. The molecule has 6 nitrogen and oxygen atoms in total. The maximum absolute atomic E-state index is 12.9. The molecule has 0 saturated heterocycles. The number of hydrazone groups is 1. The third-order valence-corrected chi connectivity index (χ3v) is 3.68. The number of hydrogen-bond acceptors (Lipinski definition) is 4. The van der Waals surface area contributed by atoms with Crippen molar-refractivity contribution in [3.8, 4) is 11.3 Å². The highest BCUT2D eigenvalue weighted by molar-refractivity contribution is 6.39. The lowest BCUT2D eigenvalue weighted by molar-refractivity contribution is -0.130. The molecule has 3 rings (SSSR count). The molecule has 1 aliphatic rings. The molecular weight excluding hydrogens is 313 g/mol. The lowest BCUT2D eigenvalue weighted by Gasteiger charge is -2.18. The fourth-order valence-corrected chi connectivity index (χ4v) is 2.34. The second-order valence-corrected chi connectivity index (χ2v) is 5.42. The predicted octanol–water partition coefficient (Wildman–Crippen LogP) is 2.31. The van der Waals surface area contributed by atoms with E-state index in [1.165, 1.54) is 24.2 Å². The summed E-state index contributed by atoms with van der Waals surface area (Å²) in [5, 5.41) is 7.85. The summed E-state index contributed by atoms with van der Waals surface area (Å²) in [6.07, 6.45) is 0.603. The molecule has 124 valence electrons. The number of nitrogens with one attached hydrogen (secondary N) is 1. The Labute approximate surface area is 137 Å². The van der Waals surface area contributed by atoms with E-state index in [4.69, 9.17) is 4.42 Å². The van der Waals surface area contributed by atoms with Gasteiger partial charge < -0.3 is 9.73 Å². The van der Waals surface area contributed by atoms with E-state index in [1.54, 1.807) is 24.3 Å². The predicted molar refractivity (Wildman–Crippen MR) is 85.4 cm³/mol. The van der Waals surface area contributed by atoms with Crippen LogP contribution in [0.15, 0.2) is 45.9 Å². The maximum Gasteiger partial charge on any atom is 0.267 e. The molecule has 7 heteroatoms. The van der Waals surface area contributed by atoms with E-state index in [0.29, 0.717) is 23.7 Å². The summed E-state index contributed by atoms with van der Waals surface area (Å²) in [5.41, 5.74) is 1.08. The molecule has 1 aromatic heterocycles. The summed E-state index contributed by atoms with van der Waals surface area (Å²) in [5.74, 6) is 0.424. The Bertz CT molecular complexity index is 796. The third kappa shape index (κ3) is 3.51. The first-order valence-corrected chi connectivity index (χ1v) is 7.50. The highest BCUT2D eigenvalue weighted by Crippen LogP contribution is 2.22. The van der Waals surface area contributed by atoms with Gasteiger partial charge in [0.15, 0.2) is 0 Å². The first-order chi connectivity index (χ1) is 11.5.